The van der Waals surface area contributed by atoms with Crippen LogP contribution in [0.25, 0.3) is 0 Å². The molecule has 19 heavy (non-hydrogen) atoms. The minimum absolute atomic E-state index is 0.438. The van der Waals surface area contributed by atoms with Crippen LogP contribution in [0.3, 0.4) is 0 Å². The molecule has 0 spiro atoms. The molecular weight excluding hydrogens is 238 g/mol. The smallest absolute Gasteiger partial charge is 0.146 e. The summed E-state index contributed by atoms with van der Waals surface area (Å²) in [5.74, 6) is 2.55. The third-order valence-corrected chi connectivity index (χ3v) is 3.13. The molecule has 3 nitrogen and oxygen atoms in total. The van der Waals surface area contributed by atoms with Gasteiger partial charge in [0.15, 0.2) is 0 Å². The fourth-order valence-corrected chi connectivity index (χ4v) is 2.06. The predicted molar refractivity (Wildman–Crippen MR) is 76.1 cm³/mol. The van der Waals surface area contributed by atoms with E-state index in [1.54, 1.807) is 0 Å². The first-order chi connectivity index (χ1) is 9.22. The van der Waals surface area contributed by atoms with Crippen molar-refractivity contribution in [2.75, 3.05) is 0 Å². The first-order valence-electron chi connectivity index (χ1n) is 6.73. The molecule has 102 valence electrons. The molecule has 1 aromatic carbocycles. The number of nitrogens with two attached hydrogens (primary N) is 1. The number of ether oxygens (including phenoxy) is 1. The Morgan fingerprint density at radius 1 is 1.21 bits per heavy atom. The van der Waals surface area contributed by atoms with Gasteiger partial charge in [-0.2, -0.15) is 0 Å². The molecular formula is C16H21NO2. The van der Waals surface area contributed by atoms with Crippen molar-refractivity contribution in [3.05, 3.63) is 53.0 Å². The lowest BCUT2D eigenvalue weighted by Gasteiger charge is -2.05. The van der Waals surface area contributed by atoms with Crippen molar-refractivity contribution in [1.82, 2.24) is 0 Å². The van der Waals surface area contributed by atoms with E-state index in [0.717, 1.165) is 35.7 Å². The summed E-state index contributed by atoms with van der Waals surface area (Å²) in [6, 6.07) is 10.2. The van der Waals surface area contributed by atoms with Crippen molar-refractivity contribution in [1.29, 1.82) is 0 Å². The van der Waals surface area contributed by atoms with E-state index in [9.17, 15) is 0 Å². The summed E-state index contributed by atoms with van der Waals surface area (Å²) in [7, 11) is 0. The zero-order valence-electron chi connectivity index (χ0n) is 11.6. The maximum absolute atomic E-state index is 5.70. The molecule has 0 atom stereocenters. The van der Waals surface area contributed by atoms with Crippen molar-refractivity contribution in [3.8, 4) is 5.75 Å². The molecule has 2 N–H and O–H groups in total. The molecule has 1 heterocycles. The molecule has 0 unspecified atom stereocenters. The highest BCUT2D eigenvalue weighted by Crippen LogP contribution is 2.18. The van der Waals surface area contributed by atoms with Crippen LogP contribution in [0.4, 0.5) is 0 Å². The Hall–Kier alpha value is -1.74. The van der Waals surface area contributed by atoms with Crippen LogP contribution in [0.15, 0.2) is 34.7 Å². The summed E-state index contributed by atoms with van der Waals surface area (Å²) in [6.45, 7) is 5.04. The van der Waals surface area contributed by atoms with Crippen molar-refractivity contribution in [2.45, 2.75) is 39.8 Å². The summed E-state index contributed by atoms with van der Waals surface area (Å²) in [4.78, 5) is 0. The Labute approximate surface area is 114 Å². The molecule has 0 aliphatic rings. The lowest BCUT2D eigenvalue weighted by molar-refractivity contribution is 0.267. The lowest BCUT2D eigenvalue weighted by atomic mass is 10.1. The average molecular weight is 259 g/mol. The molecule has 3 heteroatoms. The van der Waals surface area contributed by atoms with Gasteiger partial charge in [-0.3, -0.25) is 0 Å². The third kappa shape index (κ3) is 3.61. The molecule has 0 aliphatic carbocycles. The summed E-state index contributed by atoms with van der Waals surface area (Å²) in [6.07, 6.45) is 2.27. The highest BCUT2D eigenvalue weighted by molar-refractivity contribution is 5.28. The molecule has 0 saturated heterocycles. The fourth-order valence-electron chi connectivity index (χ4n) is 2.06. The molecule has 2 rings (SSSR count). The third-order valence-electron chi connectivity index (χ3n) is 3.13. The highest BCUT2D eigenvalue weighted by Gasteiger charge is 2.06. The lowest BCUT2D eigenvalue weighted by Crippen LogP contribution is -1.96. The van der Waals surface area contributed by atoms with Gasteiger partial charge in [-0.05, 0) is 37.1 Å². The molecule has 0 radical (unpaired) electrons. The number of furan rings is 1. The highest BCUT2D eigenvalue weighted by atomic mass is 16.5. The molecule has 0 bridgehead atoms. The van der Waals surface area contributed by atoms with Gasteiger partial charge in [0.1, 0.15) is 23.9 Å². The Morgan fingerprint density at radius 2 is 1.95 bits per heavy atom. The van der Waals surface area contributed by atoms with E-state index in [2.05, 4.69) is 19.1 Å². The van der Waals surface area contributed by atoms with Crippen LogP contribution in [0.1, 0.15) is 36.0 Å². The standard InChI is InChI=1S/C16H21NO2/c1-3-4-13-5-7-15(8-6-13)18-11-16-9-14(10-17)12(2)19-16/h5-9H,3-4,10-11,17H2,1-2H3. The topological polar surface area (TPSA) is 48.4 Å². The molecule has 0 amide bonds. The normalized spacial score (nSPS) is 10.7. The fraction of sp³-hybridized carbons (Fsp3) is 0.375. The largest absolute Gasteiger partial charge is 0.486 e. The van der Waals surface area contributed by atoms with Crippen LogP contribution in [-0.4, -0.2) is 0 Å². The first-order valence-corrected chi connectivity index (χ1v) is 6.73. The van der Waals surface area contributed by atoms with Crippen LogP contribution in [0, 0.1) is 6.92 Å². The van der Waals surface area contributed by atoms with Crippen molar-refractivity contribution >= 4 is 0 Å². The van der Waals surface area contributed by atoms with Crippen LogP contribution in [-0.2, 0) is 19.6 Å². The van der Waals surface area contributed by atoms with Crippen LogP contribution < -0.4 is 10.5 Å². The van der Waals surface area contributed by atoms with Crippen LogP contribution in [0.2, 0.25) is 0 Å². The van der Waals surface area contributed by atoms with Gasteiger partial charge in [0.2, 0.25) is 0 Å². The SMILES string of the molecule is CCCc1ccc(OCc2cc(CN)c(C)o2)cc1. The second-order valence-electron chi connectivity index (χ2n) is 4.68. The minimum atomic E-state index is 0.438. The van der Waals surface area contributed by atoms with Gasteiger partial charge < -0.3 is 14.9 Å². The summed E-state index contributed by atoms with van der Waals surface area (Å²) in [5.41, 5.74) is 8.00. The number of rotatable bonds is 6. The van der Waals surface area contributed by atoms with Crippen molar-refractivity contribution in [2.24, 2.45) is 5.73 Å². The van der Waals surface area contributed by atoms with E-state index in [1.165, 1.54) is 5.56 Å². The van der Waals surface area contributed by atoms with Gasteiger partial charge in [-0.25, -0.2) is 0 Å². The molecule has 1 aromatic heterocycles. The van der Waals surface area contributed by atoms with Gasteiger partial charge in [-0.1, -0.05) is 25.5 Å². The maximum atomic E-state index is 5.70. The van der Waals surface area contributed by atoms with Crippen molar-refractivity contribution < 1.29 is 9.15 Å². The molecule has 0 aliphatic heterocycles. The quantitative estimate of drug-likeness (QED) is 0.862. The number of benzene rings is 1. The second-order valence-corrected chi connectivity index (χ2v) is 4.68. The van der Waals surface area contributed by atoms with Crippen molar-refractivity contribution in [3.63, 3.8) is 0 Å². The van der Waals surface area contributed by atoms with Gasteiger partial charge in [0.25, 0.3) is 0 Å². The van der Waals surface area contributed by atoms with E-state index in [1.807, 2.05) is 25.1 Å². The number of hydrogen-bond acceptors (Lipinski definition) is 3. The summed E-state index contributed by atoms with van der Waals surface area (Å²) < 4.78 is 11.3. The average Bonchev–Trinajstić information content (AvgIpc) is 2.79. The van der Waals surface area contributed by atoms with E-state index in [0.29, 0.717) is 13.2 Å². The van der Waals surface area contributed by atoms with Crippen LogP contribution >= 0.6 is 0 Å². The second kappa shape index (κ2) is 6.43. The van der Waals surface area contributed by atoms with Gasteiger partial charge in [-0.15, -0.1) is 0 Å². The van der Waals surface area contributed by atoms with E-state index >= 15 is 0 Å². The molecule has 0 fully saturated rings. The Morgan fingerprint density at radius 3 is 2.53 bits per heavy atom. The maximum Gasteiger partial charge on any atom is 0.146 e. The zero-order chi connectivity index (χ0) is 13.7. The van der Waals surface area contributed by atoms with Gasteiger partial charge >= 0.3 is 0 Å². The monoisotopic (exact) mass is 259 g/mol. The van der Waals surface area contributed by atoms with E-state index < -0.39 is 0 Å². The van der Waals surface area contributed by atoms with Gasteiger partial charge in [0.05, 0.1) is 0 Å². The Bertz CT molecular complexity index is 514. The zero-order valence-corrected chi connectivity index (χ0v) is 11.6. The first kappa shape index (κ1) is 13.7. The Balaban J connectivity index is 1.94. The number of hydrogen-bond donors (Lipinski definition) is 1. The van der Waals surface area contributed by atoms with Crippen LogP contribution in [0.5, 0.6) is 5.75 Å². The molecule has 0 saturated carbocycles. The van der Waals surface area contributed by atoms with E-state index in [4.69, 9.17) is 14.9 Å². The minimum Gasteiger partial charge on any atom is -0.486 e. The number of aryl methyl sites for hydroxylation is 2. The Kier molecular flexibility index (Phi) is 4.63. The van der Waals surface area contributed by atoms with Gasteiger partial charge in [0, 0.05) is 12.1 Å². The summed E-state index contributed by atoms with van der Waals surface area (Å²) >= 11 is 0. The van der Waals surface area contributed by atoms with E-state index in [-0.39, 0.29) is 0 Å². The summed E-state index contributed by atoms with van der Waals surface area (Å²) in [5, 5.41) is 0. The predicted octanol–water partition coefficient (Wildman–Crippen LogP) is 3.58. The molecule has 2 aromatic rings.